The lowest BCUT2D eigenvalue weighted by molar-refractivity contribution is -0.175. The lowest BCUT2D eigenvalue weighted by Gasteiger charge is -2.25. The van der Waals surface area contributed by atoms with Gasteiger partial charge in [0.25, 0.3) is 0 Å². The van der Waals surface area contributed by atoms with Crippen LogP contribution in [0.1, 0.15) is 30.0 Å². The summed E-state index contributed by atoms with van der Waals surface area (Å²) in [5, 5.41) is 16.5. The highest BCUT2D eigenvalue weighted by Gasteiger charge is 2.25. The molecule has 16 heteroatoms. The van der Waals surface area contributed by atoms with Gasteiger partial charge in [-0.1, -0.05) is 67.4 Å². The average Bonchev–Trinajstić information content (AvgIpc) is 3.43. The first-order valence-corrected chi connectivity index (χ1v) is 14.9. The first-order chi connectivity index (χ1) is 22.3. The van der Waals surface area contributed by atoms with Gasteiger partial charge in [-0.05, 0) is 53.4 Å². The van der Waals surface area contributed by atoms with E-state index >= 15 is 0 Å². The van der Waals surface area contributed by atoms with Crippen molar-refractivity contribution in [1.29, 1.82) is 0 Å². The van der Waals surface area contributed by atoms with Crippen LogP contribution in [-0.4, -0.2) is 68.2 Å². The molecule has 0 aliphatic heterocycles. The van der Waals surface area contributed by atoms with Gasteiger partial charge in [-0.2, -0.15) is 4.68 Å². The monoisotopic (exact) mass is 688 g/mol. The quantitative estimate of drug-likeness (QED) is 0.0925. The Kier molecular flexibility index (Phi) is 11.9. The summed E-state index contributed by atoms with van der Waals surface area (Å²) in [4.78, 5) is 52.5. The maximum Gasteiger partial charge on any atom is 0.348 e. The SMILES string of the molecule is CC(C)C(N)C(=O)OCOC(=O)C(O)CN(Cc1ccc(-c2cc(Cl)ccc2F)cc1)NC(=O)c1nn(-c2cccc(Cl)c2)c(=O)[nH]1. The highest BCUT2D eigenvalue weighted by molar-refractivity contribution is 6.31. The minimum Gasteiger partial charge on any atom is -0.427 e. The second kappa shape index (κ2) is 15.8. The molecule has 0 aliphatic rings. The van der Waals surface area contributed by atoms with Crippen LogP contribution in [0.5, 0.6) is 0 Å². The van der Waals surface area contributed by atoms with Gasteiger partial charge in [0.2, 0.25) is 12.6 Å². The van der Waals surface area contributed by atoms with E-state index in [1.54, 1.807) is 56.3 Å². The summed E-state index contributed by atoms with van der Waals surface area (Å²) in [5.41, 5.74) is 9.19. The Labute approximate surface area is 278 Å². The normalized spacial score (nSPS) is 12.5. The Morgan fingerprint density at radius 2 is 1.72 bits per heavy atom. The number of aliphatic hydroxyl groups excluding tert-OH is 1. The van der Waals surface area contributed by atoms with Gasteiger partial charge in [-0.15, -0.1) is 5.10 Å². The fourth-order valence-corrected chi connectivity index (χ4v) is 4.53. The number of aliphatic hydroxyl groups is 1. The number of aromatic amines is 1. The number of nitrogens with two attached hydrogens (primary N) is 1. The van der Waals surface area contributed by atoms with Gasteiger partial charge in [0, 0.05) is 22.2 Å². The summed E-state index contributed by atoms with van der Waals surface area (Å²) in [7, 11) is 0. The van der Waals surface area contributed by atoms with Gasteiger partial charge in [-0.3, -0.25) is 20.0 Å². The Morgan fingerprint density at radius 1 is 1.04 bits per heavy atom. The molecule has 0 fully saturated rings. The van der Waals surface area contributed by atoms with E-state index < -0.39 is 54.8 Å². The molecule has 1 heterocycles. The molecule has 4 aromatic rings. The molecule has 0 bridgehead atoms. The largest absolute Gasteiger partial charge is 0.427 e. The molecule has 4 rings (SSSR count). The number of amides is 1. The number of carbonyl (C=O) groups excluding carboxylic acids is 3. The third-order valence-electron chi connectivity index (χ3n) is 6.77. The van der Waals surface area contributed by atoms with Crippen molar-refractivity contribution in [2.45, 2.75) is 32.5 Å². The second-order valence-electron chi connectivity index (χ2n) is 10.6. The lowest BCUT2D eigenvalue weighted by atomic mass is 10.0. The van der Waals surface area contributed by atoms with E-state index in [1.165, 1.54) is 29.3 Å². The zero-order valence-electron chi connectivity index (χ0n) is 25.2. The number of halogens is 3. The summed E-state index contributed by atoms with van der Waals surface area (Å²) in [6, 6.07) is 16.0. The number of esters is 2. The van der Waals surface area contributed by atoms with Crippen molar-refractivity contribution in [1.82, 2.24) is 25.2 Å². The number of aromatic nitrogens is 3. The maximum atomic E-state index is 14.4. The number of hydrazine groups is 1. The number of ether oxygens (including phenoxy) is 2. The number of carbonyl (C=O) groups is 3. The van der Waals surface area contributed by atoms with Crippen molar-refractivity contribution in [3.63, 3.8) is 0 Å². The molecular formula is C31H31Cl2FN6O7. The summed E-state index contributed by atoms with van der Waals surface area (Å²) in [6.45, 7) is 2.06. The van der Waals surface area contributed by atoms with E-state index in [2.05, 4.69) is 15.5 Å². The van der Waals surface area contributed by atoms with Gasteiger partial charge in [0.15, 0.2) is 6.10 Å². The van der Waals surface area contributed by atoms with Crippen LogP contribution in [0.2, 0.25) is 10.0 Å². The molecular weight excluding hydrogens is 658 g/mol. The Balaban J connectivity index is 1.50. The van der Waals surface area contributed by atoms with Crippen LogP contribution < -0.4 is 16.8 Å². The number of hydrogen-bond donors (Lipinski definition) is 4. The van der Waals surface area contributed by atoms with Crippen molar-refractivity contribution in [2.24, 2.45) is 11.7 Å². The van der Waals surface area contributed by atoms with Gasteiger partial charge >= 0.3 is 23.5 Å². The highest BCUT2D eigenvalue weighted by Crippen LogP contribution is 2.26. The average molecular weight is 690 g/mol. The second-order valence-corrected chi connectivity index (χ2v) is 11.5. The summed E-state index contributed by atoms with van der Waals surface area (Å²) < 4.78 is 25.0. The number of H-pyrrole nitrogens is 1. The first-order valence-electron chi connectivity index (χ1n) is 14.1. The van der Waals surface area contributed by atoms with E-state index in [0.29, 0.717) is 26.9 Å². The Bertz CT molecular complexity index is 1800. The molecule has 0 spiro atoms. The first kappa shape index (κ1) is 35.3. The third-order valence-corrected chi connectivity index (χ3v) is 7.24. The molecule has 3 aromatic carbocycles. The predicted octanol–water partition coefficient (Wildman–Crippen LogP) is 3.21. The molecule has 0 aliphatic carbocycles. The van der Waals surface area contributed by atoms with Crippen LogP contribution >= 0.6 is 23.2 Å². The van der Waals surface area contributed by atoms with E-state index in [9.17, 15) is 28.7 Å². The molecule has 0 saturated carbocycles. The van der Waals surface area contributed by atoms with Crippen molar-refractivity contribution >= 4 is 41.0 Å². The molecule has 0 radical (unpaired) electrons. The third kappa shape index (κ3) is 9.47. The predicted molar refractivity (Wildman–Crippen MR) is 170 cm³/mol. The van der Waals surface area contributed by atoms with Crippen LogP contribution in [0.25, 0.3) is 16.8 Å². The molecule has 2 unspecified atom stereocenters. The van der Waals surface area contributed by atoms with Gasteiger partial charge < -0.3 is 20.3 Å². The van der Waals surface area contributed by atoms with Gasteiger partial charge in [-0.25, -0.2) is 19.0 Å². The van der Waals surface area contributed by atoms with Crippen LogP contribution in [0, 0.1) is 11.7 Å². The van der Waals surface area contributed by atoms with Crippen molar-refractivity contribution < 1.29 is 33.4 Å². The standard InChI is InChI=1S/C31H31Cl2FN6O7/c1-17(2)26(35)30(44)47-16-46-29(43)25(41)15-39(14-18-6-8-19(9-7-18)23-13-21(33)10-11-24(23)34)38-28(42)27-36-31(45)40(37-27)22-5-3-4-20(32)12-22/h3-13,17,25-26,41H,14-16,35H2,1-2H3,(H,38,42)(H,36,37,45). The smallest absolute Gasteiger partial charge is 0.348 e. The van der Waals surface area contributed by atoms with Crippen molar-refractivity contribution in [3.05, 3.63) is 104 Å². The molecule has 13 nitrogen and oxygen atoms in total. The highest BCUT2D eigenvalue weighted by atomic mass is 35.5. The van der Waals surface area contributed by atoms with Gasteiger partial charge in [0.05, 0.1) is 12.2 Å². The summed E-state index contributed by atoms with van der Waals surface area (Å²) in [6.07, 6.45) is -1.82. The van der Waals surface area contributed by atoms with Crippen molar-refractivity contribution in [2.75, 3.05) is 13.3 Å². The lowest BCUT2D eigenvalue weighted by Crippen LogP contribution is -2.48. The molecule has 1 aromatic heterocycles. The fraction of sp³-hybridized carbons (Fsp3) is 0.258. The molecule has 1 amide bonds. The Hall–Kier alpha value is -4.60. The summed E-state index contributed by atoms with van der Waals surface area (Å²) >= 11 is 12.0. The van der Waals surface area contributed by atoms with Gasteiger partial charge in [0.1, 0.15) is 11.9 Å². The maximum absolute atomic E-state index is 14.4. The zero-order valence-corrected chi connectivity index (χ0v) is 26.7. The molecule has 0 saturated heterocycles. The van der Waals surface area contributed by atoms with E-state index in [0.717, 1.165) is 4.68 Å². The number of nitrogens with one attached hydrogen (secondary N) is 2. The van der Waals surface area contributed by atoms with Crippen LogP contribution in [0.3, 0.4) is 0 Å². The molecule has 2 atom stereocenters. The fourth-order valence-electron chi connectivity index (χ4n) is 4.18. The summed E-state index contributed by atoms with van der Waals surface area (Å²) in [5.74, 6) is -3.88. The van der Waals surface area contributed by atoms with E-state index in [-0.39, 0.29) is 23.9 Å². The number of hydrogen-bond acceptors (Lipinski definition) is 10. The van der Waals surface area contributed by atoms with Crippen molar-refractivity contribution in [3.8, 4) is 16.8 Å². The van der Waals surface area contributed by atoms with Crippen LogP contribution in [-0.2, 0) is 25.6 Å². The molecule has 248 valence electrons. The molecule has 5 N–H and O–H groups in total. The number of rotatable bonds is 13. The van der Waals surface area contributed by atoms with Crippen LogP contribution in [0.4, 0.5) is 4.39 Å². The molecule has 47 heavy (non-hydrogen) atoms. The number of benzene rings is 3. The topological polar surface area (TPSA) is 182 Å². The Morgan fingerprint density at radius 3 is 2.40 bits per heavy atom. The number of nitrogens with zero attached hydrogens (tertiary/aromatic N) is 3. The van der Waals surface area contributed by atoms with Crippen LogP contribution in [0.15, 0.2) is 71.5 Å². The van der Waals surface area contributed by atoms with E-state index in [1.807, 2.05) is 0 Å². The minimum absolute atomic E-state index is 0.0775. The minimum atomic E-state index is -1.82. The zero-order chi connectivity index (χ0) is 34.2. The van der Waals surface area contributed by atoms with E-state index in [4.69, 9.17) is 38.4 Å².